The Bertz CT molecular complexity index is 571. The molecule has 0 aliphatic heterocycles. The van der Waals surface area contributed by atoms with E-state index < -0.39 is 0 Å². The van der Waals surface area contributed by atoms with Crippen LogP contribution in [-0.4, -0.2) is 25.2 Å². The third-order valence-electron chi connectivity index (χ3n) is 7.89. The maximum atomic E-state index is 12.6. The lowest BCUT2D eigenvalue weighted by Gasteiger charge is -2.25. The monoisotopic (exact) mass is 550 g/mol. The van der Waals surface area contributed by atoms with E-state index in [1.807, 2.05) is 0 Å². The Kier molecular flexibility index (Phi) is 28.7. The first-order valence-electron chi connectivity index (χ1n) is 17.0. The van der Waals surface area contributed by atoms with E-state index in [1.54, 1.807) is 0 Å². The van der Waals surface area contributed by atoms with Gasteiger partial charge in [0.05, 0.1) is 13.0 Å². The first-order valence-corrected chi connectivity index (χ1v) is 17.0. The van der Waals surface area contributed by atoms with Gasteiger partial charge in [0.15, 0.2) is 0 Å². The van der Waals surface area contributed by atoms with Crippen molar-refractivity contribution in [1.29, 1.82) is 0 Å². The molecular formula is C35H66O4. The van der Waals surface area contributed by atoms with Crippen LogP contribution in [0.25, 0.3) is 0 Å². The molecule has 4 heteroatoms. The predicted octanol–water partition coefficient (Wildman–Crippen LogP) is 11.1. The molecule has 0 amide bonds. The molecule has 0 aromatic rings. The fraction of sp³-hybridized carbons (Fsp3) is 0.886. The van der Waals surface area contributed by atoms with Crippen LogP contribution in [0.5, 0.6) is 0 Å². The topological polar surface area (TPSA) is 52.6 Å². The fourth-order valence-corrected chi connectivity index (χ4v) is 5.43. The van der Waals surface area contributed by atoms with E-state index >= 15 is 0 Å². The Hall–Kier alpha value is -1.32. The van der Waals surface area contributed by atoms with Gasteiger partial charge < -0.3 is 9.47 Å². The Morgan fingerprint density at radius 3 is 1.38 bits per heavy atom. The van der Waals surface area contributed by atoms with Gasteiger partial charge in [0.1, 0.15) is 6.10 Å². The lowest BCUT2D eigenvalue weighted by atomic mass is 9.91. The number of esters is 2. The van der Waals surface area contributed by atoms with Crippen molar-refractivity contribution in [3.05, 3.63) is 12.2 Å². The number of carbonyl (C=O) groups is 2. The van der Waals surface area contributed by atoms with Crippen LogP contribution in [0.3, 0.4) is 0 Å². The summed E-state index contributed by atoms with van der Waals surface area (Å²) in [5.41, 5.74) is 0. The first-order chi connectivity index (χ1) is 19.1. The Balaban J connectivity index is 4.15. The quantitative estimate of drug-likeness (QED) is 0.0528. The third-order valence-corrected chi connectivity index (χ3v) is 7.89. The summed E-state index contributed by atoms with van der Waals surface area (Å²) in [7, 11) is 1.44. The van der Waals surface area contributed by atoms with Crippen molar-refractivity contribution in [3.63, 3.8) is 0 Å². The number of ether oxygens (including phenoxy) is 2. The van der Waals surface area contributed by atoms with Crippen LogP contribution in [0.2, 0.25) is 0 Å². The van der Waals surface area contributed by atoms with Gasteiger partial charge >= 0.3 is 11.9 Å². The minimum absolute atomic E-state index is 0.234. The zero-order chi connectivity index (χ0) is 28.8. The normalized spacial score (nSPS) is 13.0. The molecule has 0 aliphatic carbocycles. The molecule has 0 aromatic heterocycles. The molecule has 39 heavy (non-hydrogen) atoms. The molecule has 0 N–H and O–H groups in total. The number of methoxy groups -OCH3 is 1. The lowest BCUT2D eigenvalue weighted by molar-refractivity contribution is -0.160. The Labute approximate surface area is 243 Å². The molecule has 0 heterocycles. The van der Waals surface area contributed by atoms with Crippen LogP contribution in [-0.2, 0) is 19.1 Å². The summed E-state index contributed by atoms with van der Waals surface area (Å²) in [6.45, 7) is 5.97. The molecule has 0 unspecified atom stereocenters. The average molecular weight is 551 g/mol. The maximum Gasteiger partial charge on any atom is 0.312 e. The molecule has 0 spiro atoms. The molecule has 2 atom stereocenters. The van der Waals surface area contributed by atoms with Gasteiger partial charge in [0.2, 0.25) is 0 Å². The average Bonchev–Trinajstić information content (AvgIpc) is 2.92. The maximum absolute atomic E-state index is 12.6. The second-order valence-electron chi connectivity index (χ2n) is 11.6. The lowest BCUT2D eigenvalue weighted by Crippen LogP contribution is -2.33. The van der Waals surface area contributed by atoms with Crippen molar-refractivity contribution in [1.82, 2.24) is 0 Å². The highest BCUT2D eigenvalue weighted by molar-refractivity contribution is 5.74. The highest BCUT2D eigenvalue weighted by Gasteiger charge is 2.30. The summed E-state index contributed by atoms with van der Waals surface area (Å²) >= 11 is 0. The highest BCUT2D eigenvalue weighted by atomic mass is 16.6. The van der Waals surface area contributed by atoms with Crippen molar-refractivity contribution in [2.75, 3.05) is 7.11 Å². The number of allylic oxidation sites excluding steroid dienone is 2. The third kappa shape index (κ3) is 25.4. The van der Waals surface area contributed by atoms with Crippen molar-refractivity contribution < 1.29 is 19.1 Å². The second kappa shape index (κ2) is 29.7. The van der Waals surface area contributed by atoms with Crippen molar-refractivity contribution in [2.45, 2.75) is 187 Å². The van der Waals surface area contributed by atoms with Crippen LogP contribution in [0, 0.1) is 5.92 Å². The summed E-state index contributed by atoms with van der Waals surface area (Å²) in [4.78, 5) is 24.4. The van der Waals surface area contributed by atoms with Crippen LogP contribution in [0.1, 0.15) is 181 Å². The van der Waals surface area contributed by atoms with E-state index in [0.717, 1.165) is 44.9 Å². The number of unbranched alkanes of at least 4 members (excludes halogenated alkanes) is 20. The predicted molar refractivity (Wildman–Crippen MR) is 167 cm³/mol. The molecule has 4 nitrogen and oxygen atoms in total. The van der Waals surface area contributed by atoms with Gasteiger partial charge in [0.25, 0.3) is 0 Å². The van der Waals surface area contributed by atoms with E-state index in [1.165, 1.54) is 130 Å². The van der Waals surface area contributed by atoms with Gasteiger partial charge in [-0.05, 0) is 44.9 Å². The smallest absolute Gasteiger partial charge is 0.312 e. The number of hydrogen-bond donors (Lipinski definition) is 0. The van der Waals surface area contributed by atoms with Crippen molar-refractivity contribution in [2.24, 2.45) is 5.92 Å². The van der Waals surface area contributed by atoms with Gasteiger partial charge in [-0.2, -0.15) is 0 Å². The van der Waals surface area contributed by atoms with Gasteiger partial charge in [-0.25, -0.2) is 0 Å². The van der Waals surface area contributed by atoms with Gasteiger partial charge in [-0.3, -0.25) is 9.59 Å². The number of carbonyl (C=O) groups excluding carboxylic acids is 2. The summed E-state index contributed by atoms with van der Waals surface area (Å²) in [5.74, 6) is -0.883. The Morgan fingerprint density at radius 1 is 0.564 bits per heavy atom. The molecule has 0 fully saturated rings. The summed E-state index contributed by atoms with van der Waals surface area (Å²) in [6, 6.07) is 0. The molecule has 0 aliphatic rings. The van der Waals surface area contributed by atoms with Crippen LogP contribution in [0.15, 0.2) is 12.2 Å². The van der Waals surface area contributed by atoms with E-state index in [4.69, 9.17) is 9.47 Å². The molecule has 0 rings (SSSR count). The van der Waals surface area contributed by atoms with E-state index in [0.29, 0.717) is 0 Å². The molecular weight excluding hydrogens is 484 g/mol. The van der Waals surface area contributed by atoms with Crippen LogP contribution in [0.4, 0.5) is 0 Å². The SMILES string of the molecule is CCCCCC/C=C\CCCCCC[C@@H](C(=O)OC)[C@H](CCCCCCCCCCCCCCC)OC(C)=O. The standard InChI is InChI=1S/C35H66O4/c1-5-7-9-11-13-15-17-19-21-23-25-27-29-31-34(39-32(3)36)33(35(37)38-4)30-28-26-24-22-20-18-16-14-12-10-8-6-2/h16,18,33-34H,5-15,17,19-31H2,1-4H3/b18-16-/t33-,34+/m1/s1. The van der Waals surface area contributed by atoms with Crippen LogP contribution >= 0.6 is 0 Å². The molecule has 0 aromatic carbocycles. The molecule has 0 saturated heterocycles. The summed E-state index contributed by atoms with van der Waals surface area (Å²) < 4.78 is 10.8. The van der Waals surface area contributed by atoms with Gasteiger partial charge in [0, 0.05) is 6.92 Å². The fourth-order valence-electron chi connectivity index (χ4n) is 5.43. The zero-order valence-corrected chi connectivity index (χ0v) is 26.6. The second-order valence-corrected chi connectivity index (χ2v) is 11.6. The molecule has 230 valence electrons. The van der Waals surface area contributed by atoms with Gasteiger partial charge in [-0.15, -0.1) is 0 Å². The van der Waals surface area contributed by atoms with Crippen molar-refractivity contribution in [3.8, 4) is 0 Å². The minimum Gasteiger partial charge on any atom is -0.469 e. The highest BCUT2D eigenvalue weighted by Crippen LogP contribution is 2.24. The summed E-state index contributed by atoms with van der Waals surface area (Å²) in [5, 5.41) is 0. The largest absolute Gasteiger partial charge is 0.469 e. The zero-order valence-electron chi connectivity index (χ0n) is 26.6. The molecule has 0 saturated carbocycles. The van der Waals surface area contributed by atoms with Crippen LogP contribution < -0.4 is 0 Å². The van der Waals surface area contributed by atoms with E-state index in [2.05, 4.69) is 26.0 Å². The van der Waals surface area contributed by atoms with E-state index in [9.17, 15) is 9.59 Å². The van der Waals surface area contributed by atoms with Crippen molar-refractivity contribution >= 4 is 11.9 Å². The number of hydrogen-bond acceptors (Lipinski definition) is 4. The number of rotatable bonds is 29. The summed E-state index contributed by atoms with van der Waals surface area (Å²) in [6.07, 6.45) is 34.8. The van der Waals surface area contributed by atoms with E-state index in [-0.39, 0.29) is 24.0 Å². The first kappa shape index (κ1) is 37.7. The van der Waals surface area contributed by atoms with Gasteiger partial charge in [-0.1, -0.05) is 142 Å². The minimum atomic E-state index is -0.363. The Morgan fingerprint density at radius 2 is 0.949 bits per heavy atom. The molecule has 0 bridgehead atoms. The molecule has 0 radical (unpaired) electrons.